The molecule has 2 nitrogen and oxygen atoms in total. The summed E-state index contributed by atoms with van der Waals surface area (Å²) in [6.07, 6.45) is 8.58. The highest BCUT2D eigenvalue weighted by atomic mass is 15.2. The molecule has 0 aromatic rings. The van der Waals surface area contributed by atoms with E-state index in [0.29, 0.717) is 6.04 Å². The number of nitrogens with zero attached hydrogens (tertiary/aromatic N) is 1. The quantitative estimate of drug-likeness (QED) is 0.697. The molecule has 1 saturated carbocycles. The first-order valence-corrected chi connectivity index (χ1v) is 6.12. The monoisotopic (exact) mass is 198 g/mol. The fourth-order valence-corrected chi connectivity index (χ4v) is 2.46. The summed E-state index contributed by atoms with van der Waals surface area (Å²) in [5.74, 6) is 0. The second-order valence-electron chi connectivity index (χ2n) is 4.72. The largest absolute Gasteiger partial charge is 0.318 e. The van der Waals surface area contributed by atoms with Gasteiger partial charge in [0.25, 0.3) is 0 Å². The van der Waals surface area contributed by atoms with Crippen molar-refractivity contribution < 1.29 is 0 Å². The van der Waals surface area contributed by atoms with Crippen molar-refractivity contribution in [1.82, 2.24) is 10.2 Å². The molecule has 0 spiro atoms. The molecule has 0 aromatic carbocycles. The van der Waals surface area contributed by atoms with Gasteiger partial charge < -0.3 is 5.32 Å². The normalized spacial score (nSPS) is 22.3. The van der Waals surface area contributed by atoms with E-state index in [4.69, 9.17) is 0 Å². The van der Waals surface area contributed by atoms with E-state index < -0.39 is 0 Å². The summed E-state index contributed by atoms with van der Waals surface area (Å²) in [5, 5.41) is 3.26. The van der Waals surface area contributed by atoms with Gasteiger partial charge in [0.05, 0.1) is 0 Å². The van der Waals surface area contributed by atoms with E-state index in [2.05, 4.69) is 24.2 Å². The summed E-state index contributed by atoms with van der Waals surface area (Å²) < 4.78 is 0. The van der Waals surface area contributed by atoms with Crippen LogP contribution in [0, 0.1) is 0 Å². The lowest BCUT2D eigenvalue weighted by Gasteiger charge is -2.32. The first-order valence-electron chi connectivity index (χ1n) is 6.12. The van der Waals surface area contributed by atoms with Gasteiger partial charge in [0.2, 0.25) is 0 Å². The second kappa shape index (κ2) is 6.41. The highest BCUT2D eigenvalue weighted by Crippen LogP contribution is 2.22. The molecule has 0 bridgehead atoms. The van der Waals surface area contributed by atoms with Crippen LogP contribution in [-0.2, 0) is 0 Å². The van der Waals surface area contributed by atoms with Crippen LogP contribution in [0.2, 0.25) is 0 Å². The van der Waals surface area contributed by atoms with Crippen molar-refractivity contribution in [2.24, 2.45) is 0 Å². The highest BCUT2D eigenvalue weighted by molar-refractivity contribution is 4.76. The van der Waals surface area contributed by atoms with E-state index in [1.54, 1.807) is 0 Å². The Morgan fingerprint density at radius 3 is 2.29 bits per heavy atom. The molecule has 0 aromatic heterocycles. The Balaban J connectivity index is 2.36. The molecule has 1 unspecified atom stereocenters. The molecule has 1 aliphatic rings. The predicted octanol–water partition coefficient (Wildman–Crippen LogP) is 2.25. The molecule has 1 atom stereocenters. The highest BCUT2D eigenvalue weighted by Gasteiger charge is 2.20. The Hall–Kier alpha value is -0.0800. The lowest BCUT2D eigenvalue weighted by Crippen LogP contribution is -2.43. The zero-order chi connectivity index (χ0) is 10.4. The van der Waals surface area contributed by atoms with Gasteiger partial charge in [-0.3, -0.25) is 4.90 Å². The summed E-state index contributed by atoms with van der Waals surface area (Å²) in [5.41, 5.74) is 0. The maximum absolute atomic E-state index is 3.26. The van der Waals surface area contributed by atoms with Crippen LogP contribution >= 0.6 is 0 Å². The SMILES string of the molecule is CNCC(C)N(C)C1CCCCCC1. The van der Waals surface area contributed by atoms with Crippen molar-refractivity contribution >= 4 is 0 Å². The minimum atomic E-state index is 0.670. The van der Waals surface area contributed by atoms with Crippen LogP contribution in [0.25, 0.3) is 0 Å². The molecule has 14 heavy (non-hydrogen) atoms. The fraction of sp³-hybridized carbons (Fsp3) is 1.00. The molecular formula is C12H26N2. The van der Waals surface area contributed by atoms with Gasteiger partial charge in [-0.1, -0.05) is 25.7 Å². The minimum absolute atomic E-state index is 0.670. The van der Waals surface area contributed by atoms with E-state index in [0.717, 1.165) is 12.6 Å². The van der Waals surface area contributed by atoms with Crippen molar-refractivity contribution in [3.63, 3.8) is 0 Å². The van der Waals surface area contributed by atoms with E-state index in [-0.39, 0.29) is 0 Å². The molecule has 0 amide bonds. The lowest BCUT2D eigenvalue weighted by molar-refractivity contribution is 0.166. The van der Waals surface area contributed by atoms with Gasteiger partial charge >= 0.3 is 0 Å². The molecule has 1 rings (SSSR count). The molecule has 0 saturated heterocycles. The smallest absolute Gasteiger partial charge is 0.0192 e. The number of likely N-dealkylation sites (N-methyl/N-ethyl adjacent to an activating group) is 2. The molecular weight excluding hydrogens is 172 g/mol. The minimum Gasteiger partial charge on any atom is -0.318 e. The van der Waals surface area contributed by atoms with Gasteiger partial charge in [0.1, 0.15) is 0 Å². The Kier molecular flexibility index (Phi) is 5.49. The van der Waals surface area contributed by atoms with Crippen molar-refractivity contribution in [3.05, 3.63) is 0 Å². The Bertz CT molecular complexity index is 139. The molecule has 2 heteroatoms. The van der Waals surface area contributed by atoms with E-state index in [1.807, 2.05) is 7.05 Å². The molecule has 0 heterocycles. The number of hydrogen-bond acceptors (Lipinski definition) is 2. The summed E-state index contributed by atoms with van der Waals surface area (Å²) in [6, 6.07) is 1.50. The van der Waals surface area contributed by atoms with Gasteiger partial charge in [-0.2, -0.15) is 0 Å². The predicted molar refractivity (Wildman–Crippen MR) is 62.6 cm³/mol. The zero-order valence-corrected chi connectivity index (χ0v) is 10.1. The summed E-state index contributed by atoms with van der Waals surface area (Å²) in [4.78, 5) is 2.57. The van der Waals surface area contributed by atoms with Gasteiger partial charge in [0.15, 0.2) is 0 Å². The van der Waals surface area contributed by atoms with Crippen molar-refractivity contribution in [3.8, 4) is 0 Å². The first-order chi connectivity index (χ1) is 6.75. The zero-order valence-electron chi connectivity index (χ0n) is 10.1. The fourth-order valence-electron chi connectivity index (χ4n) is 2.46. The lowest BCUT2D eigenvalue weighted by atomic mass is 10.1. The van der Waals surface area contributed by atoms with Crippen LogP contribution in [0.3, 0.4) is 0 Å². The van der Waals surface area contributed by atoms with Crippen molar-refractivity contribution in [1.29, 1.82) is 0 Å². The molecule has 1 N–H and O–H groups in total. The van der Waals surface area contributed by atoms with E-state index >= 15 is 0 Å². The van der Waals surface area contributed by atoms with Gasteiger partial charge in [-0.15, -0.1) is 0 Å². The van der Waals surface area contributed by atoms with Crippen LogP contribution in [0.5, 0.6) is 0 Å². The number of hydrogen-bond donors (Lipinski definition) is 1. The van der Waals surface area contributed by atoms with Gasteiger partial charge in [-0.05, 0) is 33.9 Å². The van der Waals surface area contributed by atoms with Crippen LogP contribution in [0.1, 0.15) is 45.4 Å². The molecule has 0 aliphatic heterocycles. The summed E-state index contributed by atoms with van der Waals surface area (Å²) >= 11 is 0. The Morgan fingerprint density at radius 2 is 1.79 bits per heavy atom. The maximum Gasteiger partial charge on any atom is 0.0192 e. The average Bonchev–Trinajstić information content (AvgIpc) is 2.45. The van der Waals surface area contributed by atoms with Crippen molar-refractivity contribution in [2.75, 3.05) is 20.6 Å². The molecule has 1 aliphatic carbocycles. The Morgan fingerprint density at radius 1 is 1.21 bits per heavy atom. The summed E-state index contributed by atoms with van der Waals surface area (Å²) in [6.45, 7) is 3.42. The van der Waals surface area contributed by atoms with E-state index in [9.17, 15) is 0 Å². The average molecular weight is 198 g/mol. The third-order valence-corrected chi connectivity index (χ3v) is 3.60. The third kappa shape index (κ3) is 3.58. The van der Waals surface area contributed by atoms with Gasteiger partial charge in [-0.25, -0.2) is 0 Å². The second-order valence-corrected chi connectivity index (χ2v) is 4.72. The van der Waals surface area contributed by atoms with E-state index in [1.165, 1.54) is 38.5 Å². The van der Waals surface area contributed by atoms with Crippen LogP contribution in [0.15, 0.2) is 0 Å². The Labute approximate surface area is 89.1 Å². The third-order valence-electron chi connectivity index (χ3n) is 3.60. The molecule has 84 valence electrons. The first kappa shape index (κ1) is 12.0. The van der Waals surface area contributed by atoms with Crippen LogP contribution in [0.4, 0.5) is 0 Å². The van der Waals surface area contributed by atoms with Crippen LogP contribution in [-0.4, -0.2) is 37.6 Å². The topological polar surface area (TPSA) is 15.3 Å². The number of rotatable bonds is 4. The summed E-state index contributed by atoms with van der Waals surface area (Å²) in [7, 11) is 4.33. The van der Waals surface area contributed by atoms with Crippen LogP contribution < -0.4 is 5.32 Å². The standard InChI is InChI=1S/C12H26N2/c1-11(10-13-2)14(3)12-8-6-4-5-7-9-12/h11-13H,4-10H2,1-3H3. The number of nitrogens with one attached hydrogen (secondary N) is 1. The molecule has 0 radical (unpaired) electrons. The molecule has 1 fully saturated rings. The van der Waals surface area contributed by atoms with Gasteiger partial charge in [0, 0.05) is 18.6 Å². The van der Waals surface area contributed by atoms with Crippen molar-refractivity contribution in [2.45, 2.75) is 57.5 Å². The maximum atomic E-state index is 3.26.